The lowest BCUT2D eigenvalue weighted by Crippen LogP contribution is -2.03. The highest BCUT2D eigenvalue weighted by Crippen LogP contribution is 2.10. The van der Waals surface area contributed by atoms with E-state index in [0.717, 1.165) is 0 Å². The van der Waals surface area contributed by atoms with Crippen LogP contribution in [-0.2, 0) is 27.1 Å². The summed E-state index contributed by atoms with van der Waals surface area (Å²) in [7, 11) is -4.48. The molecule has 0 fully saturated rings. The van der Waals surface area contributed by atoms with Crippen LogP contribution < -0.4 is 0 Å². The summed E-state index contributed by atoms with van der Waals surface area (Å²) in [5.41, 5.74) is 0.257. The Morgan fingerprint density at radius 1 is 1.23 bits per heavy atom. The fourth-order valence-corrected chi connectivity index (χ4v) is 1.66. The number of carbonyl (C=O) groups excluding carboxylic acids is 2. The predicted octanol–water partition coefficient (Wildman–Crippen LogP) is 2.24. The summed E-state index contributed by atoms with van der Waals surface area (Å²) < 4.78 is 42.1. The first-order chi connectivity index (χ1) is 10.4. The van der Waals surface area contributed by atoms with Gasteiger partial charge in [0.05, 0.1) is 18.8 Å². The second-order valence-electron chi connectivity index (χ2n) is 3.67. The third-order valence-electron chi connectivity index (χ3n) is 2.18. The minimum atomic E-state index is -4.48. The zero-order chi connectivity index (χ0) is 16.6. The molecule has 0 radical (unpaired) electrons. The van der Waals surface area contributed by atoms with Crippen molar-refractivity contribution < 1.29 is 35.6 Å². The smallest absolute Gasteiger partial charge is 0.397 e. The standard InChI is InChI=1S/C6H5ClO2.C6H6O6S/c7-3-5-1-2-6(4-8)9-5;7-3-6-5(1-2-11-6)4-12-13(8,9)10/h1-2,4H,3H2;1-3H,4H2,(H,8,9,10). The summed E-state index contributed by atoms with van der Waals surface area (Å²) >= 11 is 5.39. The van der Waals surface area contributed by atoms with E-state index >= 15 is 0 Å². The van der Waals surface area contributed by atoms with Crippen LogP contribution in [0.3, 0.4) is 0 Å². The highest BCUT2D eigenvalue weighted by Gasteiger charge is 2.10. The van der Waals surface area contributed by atoms with E-state index in [0.29, 0.717) is 30.0 Å². The van der Waals surface area contributed by atoms with Crippen molar-refractivity contribution in [1.29, 1.82) is 0 Å². The van der Waals surface area contributed by atoms with Gasteiger partial charge in [0.2, 0.25) is 0 Å². The van der Waals surface area contributed by atoms with E-state index < -0.39 is 17.0 Å². The zero-order valence-electron chi connectivity index (χ0n) is 11.0. The fraction of sp³-hybridized carbons (Fsp3) is 0.167. The van der Waals surface area contributed by atoms with Gasteiger partial charge in [0.15, 0.2) is 24.1 Å². The molecule has 0 spiro atoms. The molecule has 0 atom stereocenters. The second-order valence-corrected chi connectivity index (χ2v) is 5.03. The number of hydrogen-bond donors (Lipinski definition) is 1. The highest BCUT2D eigenvalue weighted by molar-refractivity contribution is 7.80. The summed E-state index contributed by atoms with van der Waals surface area (Å²) in [6.45, 7) is -0.427. The zero-order valence-corrected chi connectivity index (χ0v) is 12.5. The van der Waals surface area contributed by atoms with Gasteiger partial charge in [-0.05, 0) is 18.2 Å². The Bertz CT molecular complexity index is 715. The van der Waals surface area contributed by atoms with Gasteiger partial charge >= 0.3 is 10.4 Å². The molecule has 0 aliphatic carbocycles. The minimum Gasteiger partial charge on any atom is -0.461 e. The van der Waals surface area contributed by atoms with Crippen molar-refractivity contribution in [2.75, 3.05) is 0 Å². The first-order valence-corrected chi connectivity index (χ1v) is 7.52. The van der Waals surface area contributed by atoms with Crippen LogP contribution in [0, 0.1) is 0 Å². The maximum Gasteiger partial charge on any atom is 0.397 e. The third-order valence-corrected chi connectivity index (χ3v) is 2.86. The molecule has 0 bridgehead atoms. The quantitative estimate of drug-likeness (QED) is 0.477. The molecule has 0 aliphatic rings. The van der Waals surface area contributed by atoms with Crippen LogP contribution >= 0.6 is 11.6 Å². The van der Waals surface area contributed by atoms with Gasteiger partial charge in [-0.2, -0.15) is 8.42 Å². The Morgan fingerprint density at radius 3 is 2.41 bits per heavy atom. The average Bonchev–Trinajstić information content (AvgIpc) is 3.13. The number of halogens is 1. The summed E-state index contributed by atoms with van der Waals surface area (Å²) in [6.07, 6.45) is 2.28. The highest BCUT2D eigenvalue weighted by atomic mass is 35.5. The number of furan rings is 2. The van der Waals surface area contributed by atoms with Crippen LogP contribution in [-0.4, -0.2) is 25.5 Å². The van der Waals surface area contributed by atoms with Crippen LogP contribution in [0.5, 0.6) is 0 Å². The first kappa shape index (κ1) is 18.1. The Morgan fingerprint density at radius 2 is 1.95 bits per heavy atom. The van der Waals surface area contributed by atoms with Gasteiger partial charge in [-0.25, -0.2) is 4.18 Å². The molecule has 1 N–H and O–H groups in total. The van der Waals surface area contributed by atoms with Gasteiger partial charge in [0, 0.05) is 5.56 Å². The van der Waals surface area contributed by atoms with E-state index in [9.17, 15) is 18.0 Å². The molecule has 120 valence electrons. The van der Waals surface area contributed by atoms with Crippen molar-refractivity contribution in [3.05, 3.63) is 47.3 Å². The van der Waals surface area contributed by atoms with E-state index in [1.165, 1.54) is 12.3 Å². The molecule has 0 aromatic carbocycles. The van der Waals surface area contributed by atoms with E-state index in [2.05, 4.69) is 8.60 Å². The molecular weight excluding hydrogens is 340 g/mol. The molecule has 8 nitrogen and oxygen atoms in total. The molecule has 0 unspecified atom stereocenters. The molecule has 2 rings (SSSR count). The van der Waals surface area contributed by atoms with Crippen molar-refractivity contribution in [2.45, 2.75) is 12.5 Å². The molecule has 2 aromatic rings. The van der Waals surface area contributed by atoms with E-state index in [-0.39, 0.29) is 11.3 Å². The molecule has 2 heterocycles. The third kappa shape index (κ3) is 6.22. The van der Waals surface area contributed by atoms with Crippen molar-refractivity contribution >= 4 is 34.6 Å². The van der Waals surface area contributed by atoms with Gasteiger partial charge in [0.1, 0.15) is 5.76 Å². The fourth-order valence-electron chi connectivity index (χ4n) is 1.24. The van der Waals surface area contributed by atoms with Gasteiger partial charge in [-0.3, -0.25) is 14.1 Å². The summed E-state index contributed by atoms with van der Waals surface area (Å²) in [4.78, 5) is 20.3. The van der Waals surface area contributed by atoms with Crippen LogP contribution in [0.4, 0.5) is 0 Å². The Balaban J connectivity index is 0.000000235. The monoisotopic (exact) mass is 350 g/mol. The van der Waals surface area contributed by atoms with Crippen molar-refractivity contribution in [2.24, 2.45) is 0 Å². The second kappa shape index (κ2) is 8.49. The predicted molar refractivity (Wildman–Crippen MR) is 74.1 cm³/mol. The molecule has 0 saturated heterocycles. The van der Waals surface area contributed by atoms with E-state index in [1.807, 2.05) is 0 Å². The molecule has 0 amide bonds. The summed E-state index contributed by atoms with van der Waals surface area (Å²) in [5, 5.41) is 0. The lowest BCUT2D eigenvalue weighted by Gasteiger charge is -1.96. The van der Waals surface area contributed by atoms with Gasteiger partial charge in [-0.1, -0.05) is 0 Å². The number of alkyl halides is 1. The Hall–Kier alpha value is -1.94. The topological polar surface area (TPSA) is 124 Å². The number of carbonyl (C=O) groups is 2. The summed E-state index contributed by atoms with van der Waals surface area (Å²) in [6, 6.07) is 4.64. The van der Waals surface area contributed by atoms with Crippen molar-refractivity contribution in [1.82, 2.24) is 0 Å². The van der Waals surface area contributed by atoms with Crippen LogP contribution in [0.25, 0.3) is 0 Å². The number of hydrogen-bond acceptors (Lipinski definition) is 7. The Kier molecular flexibility index (Phi) is 6.99. The number of rotatable bonds is 6. The summed E-state index contributed by atoms with van der Waals surface area (Å²) in [5.74, 6) is 1.24. The lowest BCUT2D eigenvalue weighted by atomic mass is 10.3. The SMILES string of the molecule is O=Cc1ccc(CCl)o1.O=Cc1occc1COS(=O)(=O)O. The molecule has 0 aliphatic heterocycles. The maximum absolute atomic E-state index is 10.3. The number of aldehydes is 2. The van der Waals surface area contributed by atoms with Crippen molar-refractivity contribution in [3.63, 3.8) is 0 Å². The van der Waals surface area contributed by atoms with Crippen LogP contribution in [0.15, 0.2) is 33.3 Å². The normalized spacial score (nSPS) is 10.6. The largest absolute Gasteiger partial charge is 0.461 e. The van der Waals surface area contributed by atoms with Gasteiger partial charge < -0.3 is 8.83 Å². The molecule has 2 aromatic heterocycles. The Labute approximate surface area is 130 Å². The first-order valence-electron chi connectivity index (χ1n) is 5.63. The lowest BCUT2D eigenvalue weighted by molar-refractivity contribution is 0.109. The van der Waals surface area contributed by atoms with Gasteiger partial charge in [0.25, 0.3) is 0 Å². The minimum absolute atomic E-state index is 0.0244. The molecule has 10 heteroatoms. The average molecular weight is 351 g/mol. The van der Waals surface area contributed by atoms with Crippen LogP contribution in [0.1, 0.15) is 32.4 Å². The molecule has 0 saturated carbocycles. The van der Waals surface area contributed by atoms with E-state index in [4.69, 9.17) is 20.6 Å². The van der Waals surface area contributed by atoms with Crippen molar-refractivity contribution in [3.8, 4) is 0 Å². The maximum atomic E-state index is 10.3. The van der Waals surface area contributed by atoms with Crippen LogP contribution in [0.2, 0.25) is 0 Å². The van der Waals surface area contributed by atoms with E-state index in [1.54, 1.807) is 12.1 Å². The van der Waals surface area contributed by atoms with Gasteiger partial charge in [-0.15, -0.1) is 11.6 Å². The molecule has 22 heavy (non-hydrogen) atoms. The molecular formula is C12H11ClO8S.